The van der Waals surface area contributed by atoms with Crippen molar-refractivity contribution < 1.29 is 19.1 Å². The van der Waals surface area contributed by atoms with Gasteiger partial charge in [-0.15, -0.1) is 0 Å². The molecule has 1 saturated heterocycles. The number of carboxylic acids is 1. The minimum Gasteiger partial charge on any atom is -0.481 e. The van der Waals surface area contributed by atoms with Crippen LogP contribution in [0.5, 0.6) is 0 Å². The van der Waals surface area contributed by atoms with Crippen LogP contribution in [0.2, 0.25) is 0 Å². The van der Waals surface area contributed by atoms with Crippen molar-refractivity contribution in [3.8, 4) is 0 Å². The maximum Gasteiger partial charge on any atom is 0.335 e. The van der Waals surface area contributed by atoms with E-state index in [1.165, 1.54) is 12.1 Å². The predicted octanol–water partition coefficient (Wildman–Crippen LogP) is 0.967. The summed E-state index contributed by atoms with van der Waals surface area (Å²) >= 11 is 0. The van der Waals surface area contributed by atoms with Crippen LogP contribution in [0.15, 0.2) is 27.6 Å². The Bertz CT molecular complexity index is 516. The third-order valence-corrected chi connectivity index (χ3v) is 3.29. The molecule has 1 N–H and O–H groups in total. The summed E-state index contributed by atoms with van der Waals surface area (Å²) in [5, 5.41) is 8.63. The van der Waals surface area contributed by atoms with Crippen molar-refractivity contribution in [2.75, 3.05) is 13.1 Å². The molecule has 0 aliphatic carbocycles. The highest BCUT2D eigenvalue weighted by Gasteiger charge is 2.27. The third-order valence-electron chi connectivity index (χ3n) is 3.29. The zero-order valence-electron chi connectivity index (χ0n) is 10.4. The van der Waals surface area contributed by atoms with Crippen LogP contribution >= 0.6 is 0 Å². The molecule has 6 heteroatoms. The Morgan fingerprint density at radius 2 is 2.21 bits per heavy atom. The average Bonchev–Trinajstić information content (AvgIpc) is 2.85. The molecule has 1 aromatic heterocycles. The first-order valence-electron chi connectivity index (χ1n) is 6.16. The number of nitrogens with zero attached hydrogens (tertiary/aromatic N) is 1. The van der Waals surface area contributed by atoms with Crippen molar-refractivity contribution in [3.63, 3.8) is 0 Å². The van der Waals surface area contributed by atoms with E-state index in [9.17, 15) is 14.4 Å². The first-order chi connectivity index (χ1) is 9.06. The Labute approximate surface area is 109 Å². The fourth-order valence-electron chi connectivity index (χ4n) is 2.24. The maximum absolute atomic E-state index is 12.1. The summed E-state index contributed by atoms with van der Waals surface area (Å²) in [5.41, 5.74) is -0.143. The third kappa shape index (κ3) is 3.43. The van der Waals surface area contributed by atoms with Crippen molar-refractivity contribution in [1.29, 1.82) is 0 Å². The molecule has 1 amide bonds. The standard InChI is InChI=1S/C13H15NO5/c15-11(16)3-1-9-5-6-14(7-9)13(18)10-2-4-12(17)19-8-10/h2,4,8-9H,1,3,5-7H2,(H,15,16). The van der Waals surface area contributed by atoms with Gasteiger partial charge in [-0.3, -0.25) is 9.59 Å². The molecule has 1 fully saturated rings. The lowest BCUT2D eigenvalue weighted by Gasteiger charge is -2.15. The fraction of sp³-hybridized carbons (Fsp3) is 0.462. The van der Waals surface area contributed by atoms with Crippen LogP contribution in [-0.4, -0.2) is 35.0 Å². The summed E-state index contributed by atoms with van der Waals surface area (Å²) < 4.78 is 4.66. The summed E-state index contributed by atoms with van der Waals surface area (Å²) in [5.74, 6) is -0.757. The van der Waals surface area contributed by atoms with Crippen LogP contribution < -0.4 is 5.63 Å². The van der Waals surface area contributed by atoms with Crippen molar-refractivity contribution in [1.82, 2.24) is 4.90 Å². The molecule has 1 aromatic rings. The van der Waals surface area contributed by atoms with Gasteiger partial charge in [0.15, 0.2) is 0 Å². The van der Waals surface area contributed by atoms with Crippen molar-refractivity contribution >= 4 is 11.9 Å². The van der Waals surface area contributed by atoms with E-state index in [1.54, 1.807) is 4.90 Å². The topological polar surface area (TPSA) is 87.8 Å². The van der Waals surface area contributed by atoms with Gasteiger partial charge in [0.1, 0.15) is 6.26 Å². The zero-order chi connectivity index (χ0) is 13.8. The SMILES string of the molecule is O=C(O)CCC1CCN(C(=O)c2ccc(=O)oc2)C1. The van der Waals surface area contributed by atoms with Gasteiger partial charge in [0, 0.05) is 25.6 Å². The summed E-state index contributed by atoms with van der Waals surface area (Å²) in [6.45, 7) is 1.17. The van der Waals surface area contributed by atoms with E-state index in [0.717, 1.165) is 12.7 Å². The number of hydrogen-bond donors (Lipinski definition) is 1. The van der Waals surface area contributed by atoms with E-state index in [4.69, 9.17) is 5.11 Å². The molecular formula is C13H15NO5. The largest absolute Gasteiger partial charge is 0.481 e. The van der Waals surface area contributed by atoms with E-state index in [2.05, 4.69) is 4.42 Å². The van der Waals surface area contributed by atoms with Crippen LogP contribution in [-0.2, 0) is 4.79 Å². The molecular weight excluding hydrogens is 250 g/mol. The molecule has 2 rings (SSSR count). The first kappa shape index (κ1) is 13.3. The number of amides is 1. The first-order valence-corrected chi connectivity index (χ1v) is 6.16. The van der Waals surface area contributed by atoms with Gasteiger partial charge in [0.25, 0.3) is 5.91 Å². The zero-order valence-corrected chi connectivity index (χ0v) is 10.4. The van der Waals surface area contributed by atoms with Gasteiger partial charge in [0.2, 0.25) is 0 Å². The van der Waals surface area contributed by atoms with Gasteiger partial charge in [-0.25, -0.2) is 4.79 Å². The van der Waals surface area contributed by atoms with E-state index in [0.29, 0.717) is 25.1 Å². The molecule has 1 aliphatic rings. The predicted molar refractivity (Wildman–Crippen MR) is 65.9 cm³/mol. The summed E-state index contributed by atoms with van der Waals surface area (Å²) in [4.78, 5) is 35.1. The molecule has 1 atom stereocenters. The van der Waals surface area contributed by atoms with Crippen molar-refractivity contribution in [2.24, 2.45) is 5.92 Å². The van der Waals surface area contributed by atoms with Crippen LogP contribution in [0.25, 0.3) is 0 Å². The Kier molecular flexibility index (Phi) is 3.99. The molecule has 102 valence electrons. The molecule has 1 unspecified atom stereocenters. The van der Waals surface area contributed by atoms with Gasteiger partial charge >= 0.3 is 11.6 Å². The molecule has 0 spiro atoms. The number of carboxylic acid groups (broad SMARTS) is 1. The van der Waals surface area contributed by atoms with Crippen molar-refractivity contribution in [2.45, 2.75) is 19.3 Å². The lowest BCUT2D eigenvalue weighted by atomic mass is 10.0. The van der Waals surface area contributed by atoms with Gasteiger partial charge in [-0.05, 0) is 24.8 Å². The summed E-state index contributed by atoms with van der Waals surface area (Å²) in [7, 11) is 0. The van der Waals surface area contributed by atoms with Gasteiger partial charge in [-0.1, -0.05) is 0 Å². The maximum atomic E-state index is 12.1. The second-order valence-corrected chi connectivity index (χ2v) is 4.68. The molecule has 0 bridgehead atoms. The molecule has 0 saturated carbocycles. The van der Waals surface area contributed by atoms with E-state index in [1.807, 2.05) is 0 Å². The highest BCUT2D eigenvalue weighted by atomic mass is 16.4. The Morgan fingerprint density at radius 1 is 1.42 bits per heavy atom. The van der Waals surface area contributed by atoms with Gasteiger partial charge in [0.05, 0.1) is 5.56 Å². The van der Waals surface area contributed by atoms with Crippen LogP contribution in [0, 0.1) is 5.92 Å². The second kappa shape index (κ2) is 5.69. The van der Waals surface area contributed by atoms with Crippen LogP contribution in [0.4, 0.5) is 0 Å². The van der Waals surface area contributed by atoms with E-state index < -0.39 is 11.6 Å². The lowest BCUT2D eigenvalue weighted by Crippen LogP contribution is -2.29. The van der Waals surface area contributed by atoms with E-state index in [-0.39, 0.29) is 18.2 Å². The minimum absolute atomic E-state index is 0.132. The van der Waals surface area contributed by atoms with Gasteiger partial charge < -0.3 is 14.4 Å². The number of aliphatic carboxylic acids is 1. The molecule has 1 aliphatic heterocycles. The van der Waals surface area contributed by atoms with E-state index >= 15 is 0 Å². The minimum atomic E-state index is -0.811. The molecule has 6 nitrogen and oxygen atoms in total. The number of carbonyl (C=O) groups excluding carboxylic acids is 1. The summed E-state index contributed by atoms with van der Waals surface area (Å²) in [6.07, 6.45) is 2.70. The highest BCUT2D eigenvalue weighted by Crippen LogP contribution is 2.22. The molecule has 19 heavy (non-hydrogen) atoms. The van der Waals surface area contributed by atoms with Crippen molar-refractivity contribution in [3.05, 3.63) is 34.4 Å². The lowest BCUT2D eigenvalue weighted by molar-refractivity contribution is -0.137. The number of hydrogen-bond acceptors (Lipinski definition) is 4. The Hall–Kier alpha value is -2.11. The molecule has 2 heterocycles. The molecule has 0 aromatic carbocycles. The number of rotatable bonds is 4. The number of carbonyl (C=O) groups is 2. The Morgan fingerprint density at radius 3 is 2.84 bits per heavy atom. The van der Waals surface area contributed by atoms with Gasteiger partial charge in [-0.2, -0.15) is 0 Å². The smallest absolute Gasteiger partial charge is 0.335 e. The fourth-order valence-corrected chi connectivity index (χ4v) is 2.24. The van der Waals surface area contributed by atoms with Crippen LogP contribution in [0.3, 0.4) is 0 Å². The number of likely N-dealkylation sites (tertiary alicyclic amines) is 1. The monoisotopic (exact) mass is 265 g/mol. The Balaban J connectivity index is 1.93. The highest BCUT2D eigenvalue weighted by molar-refractivity contribution is 5.93. The average molecular weight is 265 g/mol. The normalized spacial score (nSPS) is 18.5. The molecule has 0 radical (unpaired) electrons. The quantitative estimate of drug-likeness (QED) is 0.876. The summed E-state index contributed by atoms with van der Waals surface area (Å²) in [6, 6.07) is 2.66. The van der Waals surface area contributed by atoms with Crippen LogP contribution in [0.1, 0.15) is 29.6 Å². The second-order valence-electron chi connectivity index (χ2n) is 4.68.